The Kier molecular flexibility index (Phi) is 5.40. The van der Waals surface area contributed by atoms with Crippen molar-refractivity contribution < 1.29 is 14.0 Å². The molecule has 0 aliphatic heterocycles. The molecule has 1 fully saturated rings. The fourth-order valence-corrected chi connectivity index (χ4v) is 3.73. The van der Waals surface area contributed by atoms with Gasteiger partial charge >= 0.3 is 0 Å². The van der Waals surface area contributed by atoms with Crippen molar-refractivity contribution in [3.8, 4) is 0 Å². The first-order chi connectivity index (χ1) is 14.0. The van der Waals surface area contributed by atoms with Crippen LogP contribution < -0.4 is 10.1 Å². The molecular weight excluding hydrogens is 389 g/mol. The topological polar surface area (TPSA) is 63.5 Å². The second-order valence-electron chi connectivity index (χ2n) is 7.12. The van der Waals surface area contributed by atoms with Gasteiger partial charge in [-0.05, 0) is 61.7 Å². The number of rotatable bonds is 5. The van der Waals surface area contributed by atoms with E-state index in [2.05, 4.69) is 10.3 Å². The largest absolute Gasteiger partial charge is 0.349 e. The number of nitrogens with one attached hydrogen (secondary N) is 1. The average Bonchev–Trinajstić information content (AvgIpc) is 3.45. The van der Waals surface area contributed by atoms with Crippen molar-refractivity contribution >= 4 is 23.2 Å². The van der Waals surface area contributed by atoms with Crippen molar-refractivity contribution in [3.05, 3.63) is 86.9 Å². The van der Waals surface area contributed by atoms with Crippen molar-refractivity contribution in [3.63, 3.8) is 0 Å². The molecule has 148 valence electrons. The number of hydrogen-bond donors (Lipinski definition) is 1. The van der Waals surface area contributed by atoms with Gasteiger partial charge < -0.3 is 9.88 Å². The molecular formula is C22H20FN3O2S. The Hall–Kier alpha value is -3.06. The van der Waals surface area contributed by atoms with Gasteiger partial charge in [-0.3, -0.25) is 9.59 Å². The number of aromatic nitrogens is 1. The van der Waals surface area contributed by atoms with Gasteiger partial charge in [-0.2, -0.15) is 4.99 Å². The number of benzene rings is 2. The highest BCUT2D eigenvalue weighted by Gasteiger charge is 2.23. The molecule has 0 spiro atoms. The highest BCUT2D eigenvalue weighted by Crippen LogP contribution is 2.19. The number of carbonyl (C=O) groups is 2. The lowest BCUT2D eigenvalue weighted by molar-refractivity contribution is 0.0949. The second-order valence-corrected chi connectivity index (χ2v) is 8.33. The number of halogens is 1. The number of amides is 2. The molecule has 1 saturated carbocycles. The molecule has 0 atom stereocenters. The molecule has 7 heteroatoms. The molecule has 1 heterocycles. The molecule has 0 saturated heterocycles. The van der Waals surface area contributed by atoms with Crippen LogP contribution in [0.25, 0.3) is 0 Å². The average molecular weight is 409 g/mol. The molecule has 4 rings (SSSR count). The summed E-state index contributed by atoms with van der Waals surface area (Å²) in [6, 6.07) is 13.1. The van der Waals surface area contributed by atoms with E-state index in [1.54, 1.807) is 0 Å². The minimum Gasteiger partial charge on any atom is -0.349 e. The summed E-state index contributed by atoms with van der Waals surface area (Å²) in [5, 5.41) is 2.97. The van der Waals surface area contributed by atoms with E-state index in [0.717, 1.165) is 23.3 Å². The first-order valence-corrected chi connectivity index (χ1v) is 10.2. The summed E-state index contributed by atoms with van der Waals surface area (Å²) >= 11 is 1.42. The lowest BCUT2D eigenvalue weighted by Crippen LogP contribution is -2.25. The second kappa shape index (κ2) is 8.13. The SMILES string of the molecule is Cc1cn(Cc2ccc(C(=O)NC3CC3)cc2)c(=NC(=O)c2ccc(F)cc2)s1. The summed E-state index contributed by atoms with van der Waals surface area (Å²) in [5.41, 5.74) is 1.99. The first kappa shape index (κ1) is 19.3. The van der Waals surface area contributed by atoms with E-state index in [1.807, 2.05) is 42.0 Å². The summed E-state index contributed by atoms with van der Waals surface area (Å²) in [6.45, 7) is 2.48. The number of carbonyl (C=O) groups excluding carboxylic acids is 2. The molecule has 2 amide bonds. The van der Waals surface area contributed by atoms with Crippen LogP contribution >= 0.6 is 11.3 Å². The molecule has 1 aromatic heterocycles. The lowest BCUT2D eigenvalue weighted by Gasteiger charge is -2.06. The van der Waals surface area contributed by atoms with Crippen LogP contribution in [0.5, 0.6) is 0 Å². The van der Waals surface area contributed by atoms with Gasteiger partial charge in [-0.25, -0.2) is 4.39 Å². The zero-order valence-electron chi connectivity index (χ0n) is 15.9. The van der Waals surface area contributed by atoms with Gasteiger partial charge in [0.05, 0.1) is 0 Å². The van der Waals surface area contributed by atoms with Crippen molar-refractivity contribution in [2.24, 2.45) is 4.99 Å². The fraction of sp³-hybridized carbons (Fsp3) is 0.227. The Morgan fingerprint density at radius 3 is 2.41 bits per heavy atom. The minimum atomic E-state index is -0.410. The van der Waals surface area contributed by atoms with Gasteiger partial charge in [0, 0.05) is 34.8 Å². The molecule has 1 aliphatic rings. The third-order valence-electron chi connectivity index (χ3n) is 4.61. The normalized spacial score (nSPS) is 14.1. The highest BCUT2D eigenvalue weighted by molar-refractivity contribution is 7.09. The van der Waals surface area contributed by atoms with E-state index in [4.69, 9.17) is 0 Å². The Morgan fingerprint density at radius 2 is 1.76 bits per heavy atom. The monoisotopic (exact) mass is 409 g/mol. The number of thiazole rings is 1. The van der Waals surface area contributed by atoms with Crippen LogP contribution in [0.15, 0.2) is 59.7 Å². The maximum atomic E-state index is 13.1. The van der Waals surface area contributed by atoms with E-state index >= 15 is 0 Å². The summed E-state index contributed by atoms with van der Waals surface area (Å²) in [5.74, 6) is -0.843. The van der Waals surface area contributed by atoms with Crippen molar-refractivity contribution in [1.82, 2.24) is 9.88 Å². The molecule has 0 unspecified atom stereocenters. The van der Waals surface area contributed by atoms with Crippen molar-refractivity contribution in [1.29, 1.82) is 0 Å². The number of hydrogen-bond acceptors (Lipinski definition) is 3. The van der Waals surface area contributed by atoms with Gasteiger partial charge in [0.25, 0.3) is 11.8 Å². The zero-order chi connectivity index (χ0) is 20.4. The standard InChI is InChI=1S/C22H20FN3O2S/c1-14-12-26(22(29-14)25-21(28)17-6-8-18(23)9-7-17)13-15-2-4-16(5-3-15)20(27)24-19-10-11-19/h2-9,12,19H,10-11,13H2,1H3,(H,24,27). The molecule has 3 aromatic rings. The summed E-state index contributed by atoms with van der Waals surface area (Å²) in [6.07, 6.45) is 4.05. The third-order valence-corrected chi connectivity index (χ3v) is 5.54. The van der Waals surface area contributed by atoms with Crippen LogP contribution in [0.3, 0.4) is 0 Å². The third kappa shape index (κ3) is 4.86. The molecule has 5 nitrogen and oxygen atoms in total. The van der Waals surface area contributed by atoms with Gasteiger partial charge in [-0.15, -0.1) is 11.3 Å². The minimum absolute atomic E-state index is 0.0429. The van der Waals surface area contributed by atoms with E-state index in [9.17, 15) is 14.0 Å². The Morgan fingerprint density at radius 1 is 1.10 bits per heavy atom. The molecule has 29 heavy (non-hydrogen) atoms. The Balaban J connectivity index is 1.52. The predicted octanol–water partition coefficient (Wildman–Crippen LogP) is 3.68. The smallest absolute Gasteiger partial charge is 0.279 e. The van der Waals surface area contributed by atoms with E-state index in [1.165, 1.54) is 35.6 Å². The highest BCUT2D eigenvalue weighted by atomic mass is 32.1. The fourth-order valence-electron chi connectivity index (χ4n) is 2.90. The van der Waals surface area contributed by atoms with Gasteiger partial charge in [0.1, 0.15) is 5.82 Å². The summed E-state index contributed by atoms with van der Waals surface area (Å²) in [7, 11) is 0. The van der Waals surface area contributed by atoms with E-state index in [0.29, 0.717) is 28.5 Å². The van der Waals surface area contributed by atoms with Crippen LogP contribution in [0.4, 0.5) is 4.39 Å². The lowest BCUT2D eigenvalue weighted by atomic mass is 10.1. The first-order valence-electron chi connectivity index (χ1n) is 9.39. The van der Waals surface area contributed by atoms with E-state index in [-0.39, 0.29) is 5.91 Å². The molecule has 2 aromatic carbocycles. The van der Waals surface area contributed by atoms with E-state index < -0.39 is 11.7 Å². The van der Waals surface area contributed by atoms with Crippen LogP contribution in [0.1, 0.15) is 44.0 Å². The number of aryl methyl sites for hydroxylation is 1. The Labute approximate surface area is 171 Å². The van der Waals surface area contributed by atoms with Crippen LogP contribution in [-0.4, -0.2) is 22.4 Å². The predicted molar refractivity (Wildman–Crippen MR) is 109 cm³/mol. The quantitative estimate of drug-likeness (QED) is 0.699. The van der Waals surface area contributed by atoms with Crippen LogP contribution in [0, 0.1) is 12.7 Å². The number of nitrogens with zero attached hydrogens (tertiary/aromatic N) is 2. The Bertz CT molecular complexity index is 1110. The van der Waals surface area contributed by atoms with Gasteiger partial charge in [0.2, 0.25) is 0 Å². The maximum Gasteiger partial charge on any atom is 0.279 e. The molecule has 1 aliphatic carbocycles. The maximum absolute atomic E-state index is 13.1. The van der Waals surface area contributed by atoms with Gasteiger partial charge in [-0.1, -0.05) is 12.1 Å². The van der Waals surface area contributed by atoms with Crippen LogP contribution in [-0.2, 0) is 6.54 Å². The van der Waals surface area contributed by atoms with Crippen LogP contribution in [0.2, 0.25) is 0 Å². The van der Waals surface area contributed by atoms with Gasteiger partial charge in [0.15, 0.2) is 4.80 Å². The zero-order valence-corrected chi connectivity index (χ0v) is 16.7. The summed E-state index contributed by atoms with van der Waals surface area (Å²) < 4.78 is 15.0. The van der Waals surface area contributed by atoms with Crippen molar-refractivity contribution in [2.45, 2.75) is 32.4 Å². The summed E-state index contributed by atoms with van der Waals surface area (Å²) in [4.78, 5) is 30.3. The molecule has 0 radical (unpaired) electrons. The van der Waals surface area contributed by atoms with Crippen molar-refractivity contribution in [2.75, 3.05) is 0 Å². The molecule has 1 N–H and O–H groups in total. The molecule has 0 bridgehead atoms.